The molecule has 4 rings (SSSR count). The molecule has 0 aliphatic rings. The Morgan fingerprint density at radius 3 is 2.74 bits per heavy atom. The van der Waals surface area contributed by atoms with E-state index < -0.39 is 0 Å². The second kappa shape index (κ2) is 7.03. The van der Waals surface area contributed by atoms with Crippen molar-refractivity contribution in [1.29, 1.82) is 0 Å². The Kier molecular flexibility index (Phi) is 4.42. The summed E-state index contributed by atoms with van der Waals surface area (Å²) in [5.74, 6) is -0.438. The van der Waals surface area contributed by atoms with Crippen molar-refractivity contribution in [3.8, 4) is 11.3 Å². The van der Waals surface area contributed by atoms with Gasteiger partial charge in [0.05, 0.1) is 17.6 Å². The monoisotopic (exact) mass is 363 g/mol. The Hall–Kier alpha value is -3.48. The van der Waals surface area contributed by atoms with Gasteiger partial charge in [0.15, 0.2) is 0 Å². The normalized spacial score (nSPS) is 12.2. The van der Waals surface area contributed by atoms with Crippen molar-refractivity contribution in [1.82, 2.24) is 24.3 Å². The molecule has 0 radical (unpaired) electrons. The van der Waals surface area contributed by atoms with Crippen LogP contribution in [-0.2, 0) is 0 Å². The number of carbonyl (C=O) groups is 1. The van der Waals surface area contributed by atoms with Gasteiger partial charge in [-0.05, 0) is 43.3 Å². The van der Waals surface area contributed by atoms with Gasteiger partial charge in [0.2, 0.25) is 0 Å². The van der Waals surface area contributed by atoms with Crippen LogP contribution in [0.15, 0.2) is 67.5 Å². The molecule has 0 bridgehead atoms. The van der Waals surface area contributed by atoms with Gasteiger partial charge in [0.1, 0.15) is 11.5 Å². The number of fused-ring (bicyclic) bond motifs is 1. The summed E-state index contributed by atoms with van der Waals surface area (Å²) in [6, 6.07) is 9.82. The lowest BCUT2D eigenvalue weighted by Crippen LogP contribution is -2.29. The average molecular weight is 363 g/mol. The van der Waals surface area contributed by atoms with Crippen molar-refractivity contribution >= 4 is 11.6 Å². The van der Waals surface area contributed by atoms with E-state index in [-0.39, 0.29) is 17.8 Å². The molecule has 27 heavy (non-hydrogen) atoms. The summed E-state index contributed by atoms with van der Waals surface area (Å²) in [7, 11) is 0. The second-order valence-electron chi connectivity index (χ2n) is 6.39. The van der Waals surface area contributed by atoms with Crippen LogP contribution >= 0.6 is 0 Å². The highest BCUT2D eigenvalue weighted by atomic mass is 19.1. The number of benzene rings is 1. The SMILES string of the molecule is C[C@@H](CNC(=O)c1ccc2nc(-c3ccc(F)cc3)cn2c1)n1ccnc1. The van der Waals surface area contributed by atoms with Gasteiger partial charge in [-0.3, -0.25) is 4.79 Å². The Morgan fingerprint density at radius 1 is 1.19 bits per heavy atom. The van der Waals surface area contributed by atoms with E-state index in [2.05, 4.69) is 15.3 Å². The van der Waals surface area contributed by atoms with E-state index >= 15 is 0 Å². The van der Waals surface area contributed by atoms with E-state index in [9.17, 15) is 9.18 Å². The first-order valence-corrected chi connectivity index (χ1v) is 8.60. The number of hydrogen-bond donors (Lipinski definition) is 1. The number of hydrogen-bond acceptors (Lipinski definition) is 3. The molecule has 3 heterocycles. The molecule has 0 spiro atoms. The molecular formula is C20H18FN5O. The van der Waals surface area contributed by atoms with Crippen molar-refractivity contribution < 1.29 is 9.18 Å². The topological polar surface area (TPSA) is 64.2 Å². The van der Waals surface area contributed by atoms with Gasteiger partial charge >= 0.3 is 0 Å². The summed E-state index contributed by atoms with van der Waals surface area (Å²) in [4.78, 5) is 21.0. The summed E-state index contributed by atoms with van der Waals surface area (Å²) in [5, 5.41) is 2.93. The summed E-state index contributed by atoms with van der Waals surface area (Å²) >= 11 is 0. The van der Waals surface area contributed by atoms with Crippen molar-refractivity contribution in [3.63, 3.8) is 0 Å². The van der Waals surface area contributed by atoms with Crippen molar-refractivity contribution in [2.24, 2.45) is 0 Å². The third kappa shape index (κ3) is 3.57. The minimum Gasteiger partial charge on any atom is -0.350 e. The molecule has 1 amide bonds. The standard InChI is InChI=1S/C20H18FN5O/c1-14(25-9-8-22-13-25)10-23-20(27)16-4-7-19-24-18(12-26(19)11-16)15-2-5-17(21)6-3-15/h2-9,11-14H,10H2,1H3,(H,23,27)/t14-/m0/s1. The zero-order valence-corrected chi connectivity index (χ0v) is 14.7. The lowest BCUT2D eigenvalue weighted by molar-refractivity contribution is 0.0948. The lowest BCUT2D eigenvalue weighted by atomic mass is 10.2. The van der Waals surface area contributed by atoms with E-state index in [1.54, 1.807) is 47.4 Å². The first-order chi connectivity index (χ1) is 13.1. The van der Waals surface area contributed by atoms with Gasteiger partial charge in [0, 0.05) is 42.9 Å². The van der Waals surface area contributed by atoms with Crippen LogP contribution in [-0.4, -0.2) is 31.4 Å². The van der Waals surface area contributed by atoms with E-state index in [1.165, 1.54) is 12.1 Å². The molecular weight excluding hydrogens is 345 g/mol. The highest BCUT2D eigenvalue weighted by Gasteiger charge is 2.11. The molecule has 0 fully saturated rings. The summed E-state index contributed by atoms with van der Waals surface area (Å²) in [6.45, 7) is 2.51. The average Bonchev–Trinajstić information content (AvgIpc) is 3.35. The van der Waals surface area contributed by atoms with Gasteiger partial charge in [-0.1, -0.05) is 0 Å². The molecule has 0 unspecified atom stereocenters. The molecule has 0 aliphatic heterocycles. The van der Waals surface area contributed by atoms with Crippen LogP contribution in [0.25, 0.3) is 16.9 Å². The fraction of sp³-hybridized carbons (Fsp3) is 0.150. The fourth-order valence-electron chi connectivity index (χ4n) is 2.86. The van der Waals surface area contributed by atoms with Crippen LogP contribution in [0.2, 0.25) is 0 Å². The van der Waals surface area contributed by atoms with Crippen LogP contribution in [0, 0.1) is 5.82 Å². The predicted molar refractivity (Wildman–Crippen MR) is 99.9 cm³/mol. The first kappa shape index (κ1) is 17.0. The van der Waals surface area contributed by atoms with Crippen LogP contribution in [0.1, 0.15) is 23.3 Å². The Bertz CT molecular complexity index is 1070. The number of aromatic nitrogens is 4. The van der Waals surface area contributed by atoms with Gasteiger partial charge in [-0.2, -0.15) is 0 Å². The zero-order valence-electron chi connectivity index (χ0n) is 14.7. The molecule has 6 nitrogen and oxygen atoms in total. The zero-order chi connectivity index (χ0) is 18.8. The maximum Gasteiger partial charge on any atom is 0.252 e. The van der Waals surface area contributed by atoms with Gasteiger partial charge < -0.3 is 14.3 Å². The predicted octanol–water partition coefficient (Wildman–Crippen LogP) is 3.33. The minimum absolute atomic E-state index is 0.110. The van der Waals surface area contributed by atoms with E-state index in [4.69, 9.17) is 0 Å². The number of pyridine rings is 1. The number of amides is 1. The minimum atomic E-state index is -0.286. The van der Waals surface area contributed by atoms with Crippen LogP contribution in [0.4, 0.5) is 4.39 Å². The second-order valence-corrected chi connectivity index (χ2v) is 6.39. The van der Waals surface area contributed by atoms with Gasteiger partial charge in [-0.25, -0.2) is 14.4 Å². The van der Waals surface area contributed by atoms with Crippen molar-refractivity contribution in [2.45, 2.75) is 13.0 Å². The molecule has 3 aromatic heterocycles. The molecule has 136 valence electrons. The quantitative estimate of drug-likeness (QED) is 0.592. The number of nitrogens with one attached hydrogen (secondary N) is 1. The molecule has 0 saturated heterocycles. The number of imidazole rings is 2. The molecule has 1 aromatic carbocycles. The maximum atomic E-state index is 13.1. The van der Waals surface area contributed by atoms with Crippen LogP contribution in [0.5, 0.6) is 0 Å². The molecule has 7 heteroatoms. The van der Waals surface area contributed by atoms with Crippen molar-refractivity contribution in [3.05, 3.63) is 78.9 Å². The fourth-order valence-corrected chi connectivity index (χ4v) is 2.86. The molecule has 4 aromatic rings. The molecule has 1 N–H and O–H groups in total. The highest BCUT2D eigenvalue weighted by molar-refractivity contribution is 5.94. The van der Waals surface area contributed by atoms with Crippen molar-refractivity contribution in [2.75, 3.05) is 6.54 Å². The highest BCUT2D eigenvalue weighted by Crippen LogP contribution is 2.20. The summed E-state index contributed by atoms with van der Waals surface area (Å²) in [6.07, 6.45) is 8.88. The van der Waals surface area contributed by atoms with E-state index in [0.29, 0.717) is 12.1 Å². The lowest BCUT2D eigenvalue weighted by Gasteiger charge is -2.14. The third-order valence-electron chi connectivity index (χ3n) is 4.45. The number of halogens is 1. The summed E-state index contributed by atoms with van der Waals surface area (Å²) in [5.41, 5.74) is 2.81. The third-order valence-corrected chi connectivity index (χ3v) is 4.45. The largest absolute Gasteiger partial charge is 0.350 e. The van der Waals surface area contributed by atoms with Crippen LogP contribution in [0.3, 0.4) is 0 Å². The molecule has 0 aliphatic carbocycles. The van der Waals surface area contributed by atoms with E-state index in [0.717, 1.165) is 16.9 Å². The van der Waals surface area contributed by atoms with Gasteiger partial charge in [0.25, 0.3) is 5.91 Å². The Morgan fingerprint density at radius 2 is 2.00 bits per heavy atom. The van der Waals surface area contributed by atoms with E-state index in [1.807, 2.05) is 23.9 Å². The molecule has 0 saturated carbocycles. The number of nitrogens with zero attached hydrogens (tertiary/aromatic N) is 4. The van der Waals surface area contributed by atoms with Gasteiger partial charge in [-0.15, -0.1) is 0 Å². The number of carbonyl (C=O) groups excluding carboxylic acids is 1. The first-order valence-electron chi connectivity index (χ1n) is 8.60. The maximum absolute atomic E-state index is 13.1. The van der Waals surface area contributed by atoms with Crippen LogP contribution < -0.4 is 5.32 Å². The molecule has 1 atom stereocenters. The smallest absolute Gasteiger partial charge is 0.252 e. The Balaban J connectivity index is 1.50. The number of rotatable bonds is 5. The Labute approximate surface area is 155 Å². The summed E-state index contributed by atoms with van der Waals surface area (Å²) < 4.78 is 16.8.